The van der Waals surface area contributed by atoms with Crippen molar-refractivity contribution in [2.24, 2.45) is 0 Å². The third-order valence-corrected chi connectivity index (χ3v) is 0.882. The second-order valence-corrected chi connectivity index (χ2v) is 1.90. The normalized spacial score (nSPS) is 7.40. The Hall–Kier alpha value is -0.790. The van der Waals surface area contributed by atoms with Crippen LogP contribution in [0.3, 0.4) is 0 Å². The molecule has 0 fully saturated rings. The van der Waals surface area contributed by atoms with Gasteiger partial charge in [0.15, 0.2) is 0 Å². The van der Waals surface area contributed by atoms with Gasteiger partial charge in [0.1, 0.15) is 0 Å². The zero-order chi connectivity index (χ0) is 8.41. The Morgan fingerprint density at radius 1 is 1.50 bits per heavy atom. The average molecular weight is 144 g/mol. The van der Waals surface area contributed by atoms with Crippen LogP contribution in [0.2, 0.25) is 0 Å². The van der Waals surface area contributed by atoms with Gasteiger partial charge in [-0.25, -0.2) is 4.79 Å². The molecule has 0 amide bonds. The largest absolute Gasteiger partial charge is 0.478 e. The molecule has 0 atom stereocenters. The minimum atomic E-state index is -0.981. The molecule has 0 aliphatic carbocycles. The maximum Gasteiger partial charge on any atom is 0.327 e. The fourth-order valence-electron chi connectivity index (χ4n) is 0.354. The summed E-state index contributed by atoms with van der Waals surface area (Å²) in [5.41, 5.74) is 0. The van der Waals surface area contributed by atoms with E-state index < -0.39 is 5.97 Å². The number of rotatable bonds is 3. The summed E-state index contributed by atoms with van der Waals surface area (Å²) in [6, 6.07) is 0. The molecule has 0 aromatic carbocycles. The molecule has 2 nitrogen and oxygen atoms in total. The van der Waals surface area contributed by atoms with E-state index in [1.54, 1.807) is 0 Å². The summed E-state index contributed by atoms with van der Waals surface area (Å²) >= 11 is 0. The maximum absolute atomic E-state index is 9.25. The molecule has 0 unspecified atom stereocenters. The molecule has 0 saturated heterocycles. The number of carboxylic acids is 1. The summed E-state index contributed by atoms with van der Waals surface area (Å²) in [4.78, 5) is 9.25. The third kappa shape index (κ3) is 27.0. The van der Waals surface area contributed by atoms with Crippen LogP contribution in [0.1, 0.15) is 33.1 Å². The molecule has 0 aliphatic heterocycles. The van der Waals surface area contributed by atoms with E-state index in [1.165, 1.54) is 19.3 Å². The van der Waals surface area contributed by atoms with Crippen LogP contribution in [-0.2, 0) is 4.79 Å². The predicted octanol–water partition coefficient (Wildman–Crippen LogP) is 2.45. The maximum atomic E-state index is 9.25. The van der Waals surface area contributed by atoms with Gasteiger partial charge in [-0.2, -0.15) is 0 Å². The van der Waals surface area contributed by atoms with Crippen molar-refractivity contribution in [3.8, 4) is 0 Å². The molecular formula is C8H16O2. The molecule has 0 bridgehead atoms. The topological polar surface area (TPSA) is 37.3 Å². The number of hydrogen-bond acceptors (Lipinski definition) is 1. The molecule has 0 radical (unpaired) electrons. The highest BCUT2D eigenvalue weighted by Crippen LogP contribution is 1.88. The Kier molecular flexibility index (Phi) is 13.2. The van der Waals surface area contributed by atoms with Gasteiger partial charge in [-0.05, 0) is 0 Å². The van der Waals surface area contributed by atoms with Gasteiger partial charge in [-0.15, -0.1) is 0 Å². The first kappa shape index (κ1) is 11.9. The number of hydrogen-bond donors (Lipinski definition) is 1. The highest BCUT2D eigenvalue weighted by Gasteiger charge is 1.73. The SMILES string of the molecule is C=CC(=O)O.CCCCC. The summed E-state index contributed by atoms with van der Waals surface area (Å²) in [7, 11) is 0. The monoisotopic (exact) mass is 144 g/mol. The van der Waals surface area contributed by atoms with Gasteiger partial charge in [0.25, 0.3) is 0 Å². The molecule has 0 aromatic heterocycles. The first-order valence-electron chi connectivity index (χ1n) is 3.54. The molecule has 1 N–H and O–H groups in total. The summed E-state index contributed by atoms with van der Waals surface area (Å²) in [6.07, 6.45) is 4.91. The van der Waals surface area contributed by atoms with Crippen molar-refractivity contribution in [1.29, 1.82) is 0 Å². The Balaban J connectivity index is 0. The average Bonchev–Trinajstić information content (AvgIpc) is 1.91. The second-order valence-electron chi connectivity index (χ2n) is 1.90. The van der Waals surface area contributed by atoms with E-state index in [0.29, 0.717) is 0 Å². The summed E-state index contributed by atoms with van der Waals surface area (Å²) in [6.45, 7) is 7.38. The summed E-state index contributed by atoms with van der Waals surface area (Å²) in [5.74, 6) is -0.981. The van der Waals surface area contributed by atoms with Gasteiger partial charge in [0, 0.05) is 6.08 Å². The van der Waals surface area contributed by atoms with E-state index in [1.807, 2.05) is 0 Å². The van der Waals surface area contributed by atoms with E-state index in [2.05, 4.69) is 20.4 Å². The lowest BCUT2D eigenvalue weighted by Gasteiger charge is -1.79. The van der Waals surface area contributed by atoms with Crippen LogP contribution in [-0.4, -0.2) is 11.1 Å². The molecule has 2 heteroatoms. The summed E-state index contributed by atoms with van der Waals surface area (Å²) < 4.78 is 0. The molecule has 0 aromatic rings. The number of unbranched alkanes of at least 4 members (excludes halogenated alkanes) is 2. The Bertz CT molecular complexity index is 85.3. The zero-order valence-corrected chi connectivity index (χ0v) is 6.76. The molecular weight excluding hydrogens is 128 g/mol. The van der Waals surface area contributed by atoms with E-state index in [4.69, 9.17) is 5.11 Å². The Labute approximate surface area is 62.6 Å². The van der Waals surface area contributed by atoms with Crippen molar-refractivity contribution in [2.75, 3.05) is 0 Å². The molecule has 0 rings (SSSR count). The zero-order valence-electron chi connectivity index (χ0n) is 6.76. The van der Waals surface area contributed by atoms with Crippen LogP contribution < -0.4 is 0 Å². The van der Waals surface area contributed by atoms with Crippen molar-refractivity contribution >= 4 is 5.97 Å². The van der Waals surface area contributed by atoms with Gasteiger partial charge >= 0.3 is 5.97 Å². The molecule has 0 heterocycles. The van der Waals surface area contributed by atoms with Crippen LogP contribution >= 0.6 is 0 Å². The van der Waals surface area contributed by atoms with Gasteiger partial charge in [0.05, 0.1) is 0 Å². The van der Waals surface area contributed by atoms with Crippen molar-refractivity contribution in [3.63, 3.8) is 0 Å². The molecule has 0 aliphatic rings. The molecule has 60 valence electrons. The minimum absolute atomic E-state index is 0.833. The Morgan fingerprint density at radius 3 is 1.80 bits per heavy atom. The van der Waals surface area contributed by atoms with E-state index >= 15 is 0 Å². The van der Waals surface area contributed by atoms with Gasteiger partial charge in [-0.3, -0.25) is 0 Å². The van der Waals surface area contributed by atoms with Gasteiger partial charge < -0.3 is 5.11 Å². The van der Waals surface area contributed by atoms with Crippen molar-refractivity contribution in [1.82, 2.24) is 0 Å². The predicted molar refractivity (Wildman–Crippen MR) is 43.0 cm³/mol. The highest BCUT2D eigenvalue weighted by molar-refractivity contribution is 5.78. The van der Waals surface area contributed by atoms with Gasteiger partial charge in [-0.1, -0.05) is 39.7 Å². The number of aliphatic carboxylic acids is 1. The Morgan fingerprint density at radius 2 is 1.80 bits per heavy atom. The standard InChI is InChI=1S/C5H12.C3H4O2/c1-3-5-4-2;1-2-3(4)5/h3-5H2,1-2H3;2H,1H2,(H,4,5). The van der Waals surface area contributed by atoms with Crippen LogP contribution in [0.5, 0.6) is 0 Å². The first-order valence-corrected chi connectivity index (χ1v) is 3.54. The van der Waals surface area contributed by atoms with Crippen molar-refractivity contribution in [2.45, 2.75) is 33.1 Å². The number of carboxylic acid groups (broad SMARTS) is 1. The van der Waals surface area contributed by atoms with Crippen LogP contribution in [0.4, 0.5) is 0 Å². The van der Waals surface area contributed by atoms with E-state index in [-0.39, 0.29) is 0 Å². The smallest absolute Gasteiger partial charge is 0.327 e. The lowest BCUT2D eigenvalue weighted by atomic mass is 10.3. The second kappa shape index (κ2) is 11.1. The lowest BCUT2D eigenvalue weighted by Crippen LogP contribution is -1.82. The molecule has 10 heavy (non-hydrogen) atoms. The fourth-order valence-corrected chi connectivity index (χ4v) is 0.354. The lowest BCUT2D eigenvalue weighted by molar-refractivity contribution is -0.131. The van der Waals surface area contributed by atoms with Crippen LogP contribution in [0.15, 0.2) is 12.7 Å². The van der Waals surface area contributed by atoms with Crippen LogP contribution in [0, 0.1) is 0 Å². The first-order chi connectivity index (χ1) is 4.68. The van der Waals surface area contributed by atoms with Gasteiger partial charge in [0.2, 0.25) is 0 Å². The number of carbonyl (C=O) groups is 1. The van der Waals surface area contributed by atoms with Crippen molar-refractivity contribution in [3.05, 3.63) is 12.7 Å². The third-order valence-electron chi connectivity index (χ3n) is 0.882. The quantitative estimate of drug-likeness (QED) is 0.618. The minimum Gasteiger partial charge on any atom is -0.478 e. The summed E-state index contributed by atoms with van der Waals surface area (Å²) in [5, 5.41) is 7.60. The van der Waals surface area contributed by atoms with E-state index in [9.17, 15) is 4.79 Å². The molecule has 0 spiro atoms. The van der Waals surface area contributed by atoms with Crippen molar-refractivity contribution < 1.29 is 9.90 Å². The molecule has 0 saturated carbocycles. The van der Waals surface area contributed by atoms with Crippen LogP contribution in [0.25, 0.3) is 0 Å². The fraction of sp³-hybridized carbons (Fsp3) is 0.625. The van der Waals surface area contributed by atoms with E-state index in [0.717, 1.165) is 6.08 Å². The highest BCUT2D eigenvalue weighted by atomic mass is 16.4.